The van der Waals surface area contributed by atoms with Crippen molar-refractivity contribution in [2.45, 2.75) is 33.3 Å². The van der Waals surface area contributed by atoms with Crippen molar-refractivity contribution in [2.75, 3.05) is 6.61 Å². The van der Waals surface area contributed by atoms with Gasteiger partial charge in [0, 0.05) is 0 Å². The molecule has 0 spiro atoms. The first kappa shape index (κ1) is 15.2. The van der Waals surface area contributed by atoms with Gasteiger partial charge in [-0.15, -0.1) is 0 Å². The Morgan fingerprint density at radius 2 is 1.74 bits per heavy atom. The van der Waals surface area contributed by atoms with E-state index in [1.54, 1.807) is 52.0 Å². The molecule has 0 amide bonds. The highest BCUT2D eigenvalue weighted by Crippen LogP contribution is 2.14. The number of benzene rings is 1. The van der Waals surface area contributed by atoms with Crippen LogP contribution >= 0.6 is 0 Å². The van der Waals surface area contributed by atoms with Crippen molar-refractivity contribution in [3.63, 3.8) is 0 Å². The zero-order valence-electron chi connectivity index (χ0n) is 11.8. The first-order valence-corrected chi connectivity index (χ1v) is 6.27. The second kappa shape index (κ2) is 6.36. The van der Waals surface area contributed by atoms with Crippen LogP contribution in [0.15, 0.2) is 30.3 Å². The lowest BCUT2D eigenvalue weighted by molar-refractivity contribution is -0.164. The van der Waals surface area contributed by atoms with Gasteiger partial charge in [0.05, 0.1) is 11.5 Å². The van der Waals surface area contributed by atoms with Crippen LogP contribution in [0.25, 0.3) is 0 Å². The van der Waals surface area contributed by atoms with E-state index in [1.165, 1.54) is 0 Å². The van der Waals surface area contributed by atoms with Crippen LogP contribution in [-0.2, 0) is 14.3 Å². The molecule has 0 radical (unpaired) electrons. The summed E-state index contributed by atoms with van der Waals surface area (Å²) in [7, 11) is 0. The van der Waals surface area contributed by atoms with Gasteiger partial charge in [-0.05, 0) is 26.0 Å². The van der Waals surface area contributed by atoms with E-state index in [0.29, 0.717) is 5.56 Å². The Morgan fingerprint density at radius 1 is 1.16 bits per heavy atom. The predicted octanol–water partition coefficient (Wildman–Crippen LogP) is 2.82. The third-order valence-electron chi connectivity index (χ3n) is 2.41. The SMILES string of the molecule is CC(C)C(=O)OC(C)(C)COC(=O)c1ccccc1. The number of rotatable bonds is 5. The van der Waals surface area contributed by atoms with Crippen LogP contribution in [0.5, 0.6) is 0 Å². The van der Waals surface area contributed by atoms with E-state index in [0.717, 1.165) is 0 Å². The molecule has 0 aromatic heterocycles. The van der Waals surface area contributed by atoms with Gasteiger partial charge in [-0.25, -0.2) is 4.79 Å². The third-order valence-corrected chi connectivity index (χ3v) is 2.41. The van der Waals surface area contributed by atoms with E-state index in [9.17, 15) is 9.59 Å². The fourth-order valence-electron chi connectivity index (χ4n) is 1.32. The highest BCUT2D eigenvalue weighted by atomic mass is 16.6. The molecule has 1 aromatic rings. The van der Waals surface area contributed by atoms with Crippen molar-refractivity contribution < 1.29 is 19.1 Å². The maximum Gasteiger partial charge on any atom is 0.338 e. The normalized spacial score (nSPS) is 11.2. The van der Waals surface area contributed by atoms with Crippen LogP contribution in [0.1, 0.15) is 38.1 Å². The van der Waals surface area contributed by atoms with E-state index in [-0.39, 0.29) is 18.5 Å². The molecular formula is C15H20O4. The smallest absolute Gasteiger partial charge is 0.338 e. The molecule has 0 aliphatic carbocycles. The van der Waals surface area contributed by atoms with Crippen LogP contribution in [0, 0.1) is 5.92 Å². The van der Waals surface area contributed by atoms with Crippen molar-refractivity contribution in [2.24, 2.45) is 5.92 Å². The molecule has 4 heteroatoms. The van der Waals surface area contributed by atoms with Crippen molar-refractivity contribution in [1.29, 1.82) is 0 Å². The Bertz CT molecular complexity index is 435. The van der Waals surface area contributed by atoms with Gasteiger partial charge in [-0.2, -0.15) is 0 Å². The number of esters is 2. The van der Waals surface area contributed by atoms with Crippen LogP contribution in [0.4, 0.5) is 0 Å². The van der Waals surface area contributed by atoms with Gasteiger partial charge in [0.15, 0.2) is 0 Å². The maximum atomic E-state index is 11.7. The average molecular weight is 264 g/mol. The Kier molecular flexibility index (Phi) is 5.10. The molecule has 1 rings (SSSR count). The summed E-state index contributed by atoms with van der Waals surface area (Å²) in [6.07, 6.45) is 0. The van der Waals surface area contributed by atoms with Gasteiger partial charge >= 0.3 is 11.9 Å². The average Bonchev–Trinajstić information content (AvgIpc) is 2.36. The standard InChI is InChI=1S/C15H20O4/c1-11(2)13(16)19-15(3,4)10-18-14(17)12-8-6-5-7-9-12/h5-9,11H,10H2,1-4H3. The molecule has 0 saturated heterocycles. The molecule has 19 heavy (non-hydrogen) atoms. The predicted molar refractivity (Wildman–Crippen MR) is 71.7 cm³/mol. The lowest BCUT2D eigenvalue weighted by Gasteiger charge is -2.25. The first-order chi connectivity index (χ1) is 8.82. The summed E-state index contributed by atoms with van der Waals surface area (Å²) in [4.78, 5) is 23.3. The Labute approximate surface area is 113 Å². The highest BCUT2D eigenvalue weighted by molar-refractivity contribution is 5.89. The summed E-state index contributed by atoms with van der Waals surface area (Å²) in [6, 6.07) is 8.71. The molecule has 0 N–H and O–H groups in total. The van der Waals surface area contributed by atoms with Gasteiger partial charge < -0.3 is 9.47 Å². The second-order valence-electron chi connectivity index (χ2n) is 5.28. The number of ether oxygens (including phenoxy) is 2. The Balaban J connectivity index is 2.51. The second-order valence-corrected chi connectivity index (χ2v) is 5.28. The minimum absolute atomic E-state index is 0.0270. The Morgan fingerprint density at radius 3 is 2.26 bits per heavy atom. The molecule has 0 fully saturated rings. The van der Waals surface area contributed by atoms with Crippen LogP contribution in [0.2, 0.25) is 0 Å². The van der Waals surface area contributed by atoms with Gasteiger partial charge in [0.25, 0.3) is 0 Å². The van der Waals surface area contributed by atoms with E-state index < -0.39 is 11.6 Å². The number of hydrogen-bond acceptors (Lipinski definition) is 4. The monoisotopic (exact) mass is 264 g/mol. The molecule has 0 aliphatic rings. The zero-order chi connectivity index (χ0) is 14.5. The van der Waals surface area contributed by atoms with Crippen LogP contribution < -0.4 is 0 Å². The summed E-state index contributed by atoms with van der Waals surface area (Å²) in [5, 5.41) is 0. The van der Waals surface area contributed by atoms with Gasteiger partial charge in [0.2, 0.25) is 0 Å². The lowest BCUT2D eigenvalue weighted by Crippen LogP contribution is -2.35. The van der Waals surface area contributed by atoms with E-state index >= 15 is 0 Å². The molecule has 0 bridgehead atoms. The summed E-state index contributed by atoms with van der Waals surface area (Å²) >= 11 is 0. The fraction of sp³-hybridized carbons (Fsp3) is 0.467. The van der Waals surface area contributed by atoms with Gasteiger partial charge in [0.1, 0.15) is 12.2 Å². The number of carbonyl (C=O) groups is 2. The summed E-state index contributed by atoms with van der Waals surface area (Å²) < 4.78 is 10.4. The van der Waals surface area contributed by atoms with E-state index in [2.05, 4.69) is 0 Å². The minimum atomic E-state index is -0.828. The van der Waals surface area contributed by atoms with Gasteiger partial charge in [-0.1, -0.05) is 32.0 Å². The topological polar surface area (TPSA) is 52.6 Å². The van der Waals surface area contributed by atoms with Crippen molar-refractivity contribution >= 4 is 11.9 Å². The third kappa shape index (κ3) is 5.12. The van der Waals surface area contributed by atoms with Gasteiger partial charge in [-0.3, -0.25) is 4.79 Å². The quantitative estimate of drug-likeness (QED) is 0.767. The maximum absolute atomic E-state index is 11.7. The number of carbonyl (C=O) groups excluding carboxylic acids is 2. The van der Waals surface area contributed by atoms with Crippen molar-refractivity contribution in [1.82, 2.24) is 0 Å². The Hall–Kier alpha value is -1.84. The lowest BCUT2D eigenvalue weighted by atomic mass is 10.1. The summed E-state index contributed by atoms with van der Waals surface area (Å²) in [5.74, 6) is -0.931. The van der Waals surface area contributed by atoms with E-state index in [1.807, 2.05) is 6.07 Å². The van der Waals surface area contributed by atoms with Crippen LogP contribution in [0.3, 0.4) is 0 Å². The first-order valence-electron chi connectivity index (χ1n) is 6.27. The van der Waals surface area contributed by atoms with E-state index in [4.69, 9.17) is 9.47 Å². The van der Waals surface area contributed by atoms with Crippen molar-refractivity contribution in [3.05, 3.63) is 35.9 Å². The zero-order valence-corrected chi connectivity index (χ0v) is 11.8. The summed E-state index contributed by atoms with van der Waals surface area (Å²) in [6.45, 7) is 6.97. The largest absolute Gasteiger partial charge is 0.458 e. The molecule has 104 valence electrons. The molecule has 4 nitrogen and oxygen atoms in total. The van der Waals surface area contributed by atoms with Crippen LogP contribution in [-0.4, -0.2) is 24.1 Å². The van der Waals surface area contributed by atoms with Crippen molar-refractivity contribution in [3.8, 4) is 0 Å². The minimum Gasteiger partial charge on any atom is -0.458 e. The molecule has 0 unspecified atom stereocenters. The molecule has 0 saturated carbocycles. The molecular weight excluding hydrogens is 244 g/mol. The molecule has 0 atom stereocenters. The molecule has 0 aliphatic heterocycles. The highest BCUT2D eigenvalue weighted by Gasteiger charge is 2.26. The number of hydrogen-bond donors (Lipinski definition) is 0. The summed E-state index contributed by atoms with van der Waals surface area (Å²) in [5.41, 5.74) is -0.348. The molecule has 0 heterocycles. The fourth-order valence-corrected chi connectivity index (χ4v) is 1.32. The molecule has 1 aromatic carbocycles.